The first-order valence-corrected chi connectivity index (χ1v) is 8.65. The molecule has 3 heterocycles. The smallest absolute Gasteiger partial charge is 0.276 e. The van der Waals surface area contributed by atoms with Gasteiger partial charge in [0.15, 0.2) is 5.69 Å². The van der Waals surface area contributed by atoms with Gasteiger partial charge in [0.05, 0.1) is 11.9 Å². The van der Waals surface area contributed by atoms with Crippen LogP contribution >= 0.6 is 12.4 Å². The number of rotatable bonds is 2. The molecule has 0 aliphatic carbocycles. The summed E-state index contributed by atoms with van der Waals surface area (Å²) < 4.78 is 1.67. The van der Waals surface area contributed by atoms with Crippen LogP contribution in [-0.2, 0) is 0 Å². The van der Waals surface area contributed by atoms with Gasteiger partial charge < -0.3 is 10.2 Å². The number of nitrogens with zero attached hydrogens (tertiary/aromatic N) is 4. The summed E-state index contributed by atoms with van der Waals surface area (Å²) in [5, 5.41) is 11.7. The molecule has 0 unspecified atom stereocenters. The minimum absolute atomic E-state index is 0. The molecule has 7 heteroatoms. The maximum atomic E-state index is 12.7. The van der Waals surface area contributed by atoms with Crippen LogP contribution in [-0.4, -0.2) is 52.0 Å². The highest BCUT2D eigenvalue weighted by Gasteiger charge is 2.38. The number of hydrogen-bond acceptors (Lipinski definition) is 4. The van der Waals surface area contributed by atoms with Gasteiger partial charge in [-0.15, -0.1) is 17.5 Å². The number of nitrogens with one attached hydrogen (secondary N) is 1. The molecule has 6 nitrogen and oxygen atoms in total. The molecule has 1 N–H and O–H groups in total. The van der Waals surface area contributed by atoms with Crippen molar-refractivity contribution in [1.29, 1.82) is 0 Å². The first-order chi connectivity index (χ1) is 11.7. The first kappa shape index (κ1) is 17.9. The fraction of sp³-hybridized carbons (Fsp3) is 0.500. The molecule has 2 fully saturated rings. The van der Waals surface area contributed by atoms with E-state index in [4.69, 9.17) is 0 Å². The van der Waals surface area contributed by atoms with Crippen molar-refractivity contribution in [2.24, 2.45) is 5.41 Å². The van der Waals surface area contributed by atoms with Crippen LogP contribution in [0.2, 0.25) is 0 Å². The molecular formula is C18H24ClN5O. The van der Waals surface area contributed by atoms with E-state index in [0.29, 0.717) is 11.1 Å². The van der Waals surface area contributed by atoms with Gasteiger partial charge in [-0.25, -0.2) is 4.68 Å². The van der Waals surface area contributed by atoms with Gasteiger partial charge in [0.25, 0.3) is 5.91 Å². The Morgan fingerprint density at radius 3 is 2.72 bits per heavy atom. The largest absolute Gasteiger partial charge is 0.337 e. The lowest BCUT2D eigenvalue weighted by atomic mass is 9.78. The predicted molar refractivity (Wildman–Crippen MR) is 98.4 cm³/mol. The molecule has 0 radical (unpaired) electrons. The lowest BCUT2D eigenvalue weighted by Crippen LogP contribution is -2.44. The molecule has 2 aromatic rings. The van der Waals surface area contributed by atoms with Crippen LogP contribution in [0, 0.1) is 12.3 Å². The second kappa shape index (κ2) is 7.14. The Hall–Kier alpha value is -1.92. The van der Waals surface area contributed by atoms with Crippen LogP contribution in [0.3, 0.4) is 0 Å². The maximum Gasteiger partial charge on any atom is 0.276 e. The van der Waals surface area contributed by atoms with E-state index in [1.54, 1.807) is 10.9 Å². The van der Waals surface area contributed by atoms with E-state index in [9.17, 15) is 4.79 Å². The highest BCUT2D eigenvalue weighted by Crippen LogP contribution is 2.37. The average Bonchev–Trinajstić information content (AvgIpc) is 3.25. The molecule has 0 saturated carbocycles. The third kappa shape index (κ3) is 3.55. The van der Waals surface area contributed by atoms with Crippen molar-refractivity contribution in [3.8, 4) is 5.69 Å². The molecule has 134 valence electrons. The van der Waals surface area contributed by atoms with Crippen molar-refractivity contribution in [2.75, 3.05) is 26.2 Å². The summed E-state index contributed by atoms with van der Waals surface area (Å²) in [5.41, 5.74) is 2.92. The standard InChI is InChI=1S/C18H23N5O.ClH/c1-14-3-2-4-15(11-14)23-12-16(20-21-23)17(24)22-9-6-18(7-10-22)5-8-19-13-18;/h2-4,11-12,19H,5-10,13H2,1H3;1H. The Morgan fingerprint density at radius 1 is 1.24 bits per heavy atom. The average molecular weight is 362 g/mol. The number of hydrogen-bond donors (Lipinski definition) is 1. The maximum absolute atomic E-state index is 12.7. The minimum atomic E-state index is -0.00490. The Balaban J connectivity index is 0.00000182. The summed E-state index contributed by atoms with van der Waals surface area (Å²) in [4.78, 5) is 14.6. The van der Waals surface area contributed by atoms with Crippen molar-refractivity contribution < 1.29 is 4.79 Å². The predicted octanol–water partition coefficient (Wildman–Crippen LogP) is 2.21. The van der Waals surface area contributed by atoms with E-state index in [1.165, 1.54) is 6.42 Å². The zero-order chi connectivity index (χ0) is 16.6. The summed E-state index contributed by atoms with van der Waals surface area (Å²) in [5.74, 6) is -0.00490. The number of likely N-dealkylation sites (tertiary alicyclic amines) is 1. The van der Waals surface area contributed by atoms with Gasteiger partial charge in [-0.1, -0.05) is 17.3 Å². The van der Waals surface area contributed by atoms with Gasteiger partial charge in [0.1, 0.15) is 0 Å². The molecule has 2 saturated heterocycles. The van der Waals surface area contributed by atoms with Crippen molar-refractivity contribution in [3.63, 3.8) is 0 Å². The van der Waals surface area contributed by atoms with E-state index < -0.39 is 0 Å². The van der Waals surface area contributed by atoms with E-state index in [1.807, 2.05) is 36.1 Å². The SMILES string of the molecule is Cc1cccc(-n2cc(C(=O)N3CCC4(CCNC4)CC3)nn2)c1.Cl. The van der Waals surface area contributed by atoms with Crippen molar-refractivity contribution in [1.82, 2.24) is 25.2 Å². The van der Waals surface area contributed by atoms with E-state index in [0.717, 1.165) is 50.3 Å². The number of carbonyl (C=O) groups excluding carboxylic acids is 1. The van der Waals surface area contributed by atoms with Crippen LogP contribution in [0.4, 0.5) is 0 Å². The number of benzene rings is 1. The van der Waals surface area contributed by atoms with Gasteiger partial charge in [0.2, 0.25) is 0 Å². The summed E-state index contributed by atoms with van der Waals surface area (Å²) in [6.45, 7) is 5.88. The van der Waals surface area contributed by atoms with E-state index >= 15 is 0 Å². The van der Waals surface area contributed by atoms with Crippen LogP contribution in [0.5, 0.6) is 0 Å². The second-order valence-electron chi connectivity index (χ2n) is 7.11. The second-order valence-corrected chi connectivity index (χ2v) is 7.11. The van der Waals surface area contributed by atoms with Gasteiger partial charge in [-0.3, -0.25) is 4.79 Å². The normalized spacial score (nSPS) is 19.0. The molecule has 0 atom stereocenters. The zero-order valence-corrected chi connectivity index (χ0v) is 15.3. The number of aryl methyl sites for hydroxylation is 1. The van der Waals surface area contributed by atoms with Gasteiger partial charge in [-0.05, 0) is 55.8 Å². The molecule has 2 aliphatic heterocycles. The Labute approximate surface area is 154 Å². The number of amides is 1. The van der Waals surface area contributed by atoms with Crippen molar-refractivity contribution in [2.45, 2.75) is 26.2 Å². The third-order valence-corrected chi connectivity index (χ3v) is 5.42. The molecule has 1 spiro atoms. The quantitative estimate of drug-likeness (QED) is 0.890. The Bertz CT molecular complexity index is 743. The summed E-state index contributed by atoms with van der Waals surface area (Å²) in [7, 11) is 0. The van der Waals surface area contributed by atoms with E-state index in [2.05, 4.69) is 15.6 Å². The van der Waals surface area contributed by atoms with Gasteiger partial charge in [-0.2, -0.15) is 0 Å². The molecular weight excluding hydrogens is 338 g/mol. The highest BCUT2D eigenvalue weighted by atomic mass is 35.5. The van der Waals surface area contributed by atoms with Gasteiger partial charge >= 0.3 is 0 Å². The Morgan fingerprint density at radius 2 is 2.04 bits per heavy atom. The van der Waals surface area contributed by atoms with Crippen LogP contribution in [0.25, 0.3) is 5.69 Å². The topological polar surface area (TPSA) is 63.1 Å². The van der Waals surface area contributed by atoms with Crippen LogP contribution in [0.15, 0.2) is 30.5 Å². The van der Waals surface area contributed by atoms with Gasteiger partial charge in [0, 0.05) is 19.6 Å². The molecule has 2 aliphatic rings. The molecule has 25 heavy (non-hydrogen) atoms. The lowest BCUT2D eigenvalue weighted by molar-refractivity contribution is 0.0602. The zero-order valence-electron chi connectivity index (χ0n) is 14.4. The Kier molecular flexibility index (Phi) is 5.11. The molecule has 1 aromatic heterocycles. The number of carbonyl (C=O) groups is 1. The number of piperidine rings is 1. The van der Waals surface area contributed by atoms with E-state index in [-0.39, 0.29) is 18.3 Å². The highest BCUT2D eigenvalue weighted by molar-refractivity contribution is 5.92. The first-order valence-electron chi connectivity index (χ1n) is 8.65. The monoisotopic (exact) mass is 361 g/mol. The van der Waals surface area contributed by atoms with Crippen molar-refractivity contribution in [3.05, 3.63) is 41.7 Å². The van der Waals surface area contributed by atoms with Crippen LogP contribution < -0.4 is 5.32 Å². The number of aromatic nitrogens is 3. The molecule has 4 rings (SSSR count). The third-order valence-electron chi connectivity index (χ3n) is 5.42. The summed E-state index contributed by atoms with van der Waals surface area (Å²) in [6.07, 6.45) is 5.13. The summed E-state index contributed by atoms with van der Waals surface area (Å²) in [6, 6.07) is 8.01. The molecule has 1 aromatic carbocycles. The number of halogens is 1. The molecule has 1 amide bonds. The van der Waals surface area contributed by atoms with Crippen LogP contribution in [0.1, 0.15) is 35.3 Å². The summed E-state index contributed by atoms with van der Waals surface area (Å²) >= 11 is 0. The minimum Gasteiger partial charge on any atom is -0.337 e. The fourth-order valence-corrected chi connectivity index (χ4v) is 3.83. The molecule has 0 bridgehead atoms. The fourth-order valence-electron chi connectivity index (χ4n) is 3.83. The van der Waals surface area contributed by atoms with Crippen molar-refractivity contribution >= 4 is 18.3 Å². The lowest BCUT2D eigenvalue weighted by Gasteiger charge is -2.38.